The van der Waals surface area contributed by atoms with Crippen molar-refractivity contribution in [2.24, 2.45) is 0 Å². The Balaban J connectivity index is -0.000000327. The molecule has 34 heavy (non-hydrogen) atoms. The highest BCUT2D eigenvalue weighted by atomic mass is 28.5. The third-order valence-corrected chi connectivity index (χ3v) is 21.1. The Morgan fingerprint density at radius 3 is 1.41 bits per heavy atom. The molecular formula is C23H68O6Si5. The molecule has 6 nitrogen and oxygen atoms in total. The van der Waals surface area contributed by atoms with E-state index in [1.165, 1.54) is 0 Å². The topological polar surface area (TPSA) is 58.7 Å². The van der Waals surface area contributed by atoms with Gasteiger partial charge in [-0.15, -0.1) is 0 Å². The SMILES string of the molecule is C.C.C.C.C.C.C[Si](C)(C)O[Si](C)(C)O[Si](C)(C)O[Si](C)(CCCOCC1CO1)O[Si](C)(C)C. The van der Waals surface area contributed by atoms with E-state index in [0.717, 1.165) is 25.7 Å². The zero-order valence-corrected chi connectivity index (χ0v) is 25.1. The molecule has 2 atom stereocenters. The van der Waals surface area contributed by atoms with Gasteiger partial charge in [0, 0.05) is 6.61 Å². The molecule has 2 unspecified atom stereocenters. The highest BCUT2D eigenvalue weighted by Crippen LogP contribution is 2.29. The number of hydrogen-bond acceptors (Lipinski definition) is 6. The van der Waals surface area contributed by atoms with Gasteiger partial charge in [-0.25, -0.2) is 0 Å². The Kier molecular flexibility index (Phi) is 25.6. The van der Waals surface area contributed by atoms with Crippen LogP contribution in [0, 0.1) is 0 Å². The summed E-state index contributed by atoms with van der Waals surface area (Å²) in [6.07, 6.45) is 1.26. The van der Waals surface area contributed by atoms with Crippen molar-refractivity contribution in [2.45, 2.75) is 135 Å². The molecule has 0 amide bonds. The molecule has 0 aliphatic carbocycles. The van der Waals surface area contributed by atoms with E-state index >= 15 is 0 Å². The molecule has 0 bridgehead atoms. The molecule has 1 fully saturated rings. The van der Waals surface area contributed by atoms with Gasteiger partial charge in [0.2, 0.25) is 0 Å². The molecule has 0 aromatic carbocycles. The van der Waals surface area contributed by atoms with E-state index in [4.69, 9.17) is 25.9 Å². The van der Waals surface area contributed by atoms with Gasteiger partial charge in [-0.2, -0.15) is 0 Å². The van der Waals surface area contributed by atoms with Gasteiger partial charge in [0.15, 0.2) is 16.6 Å². The molecule has 0 aromatic heterocycles. The fraction of sp³-hybridized carbons (Fsp3) is 1.00. The standard InChI is InChI=1S/C17H44O6Si5.6CH4/c1-24(2,3)20-26(7,8)22-27(9,10)23-28(11,21-25(4,5)6)14-12-13-18-15-17-16-19-17;;;;;;/h17H,12-16H2,1-11H3;6*1H4. The summed E-state index contributed by atoms with van der Waals surface area (Å²) in [6, 6.07) is 0.916. The van der Waals surface area contributed by atoms with Crippen LogP contribution in [0.3, 0.4) is 0 Å². The second-order valence-electron chi connectivity index (χ2n) is 10.7. The van der Waals surface area contributed by atoms with Gasteiger partial charge in [0.25, 0.3) is 0 Å². The van der Waals surface area contributed by atoms with E-state index in [9.17, 15) is 0 Å². The van der Waals surface area contributed by atoms with Crippen molar-refractivity contribution in [2.75, 3.05) is 19.8 Å². The number of rotatable bonds is 14. The number of epoxide rings is 1. The maximum Gasteiger partial charge on any atom is 0.315 e. The molecule has 0 spiro atoms. The lowest BCUT2D eigenvalue weighted by Gasteiger charge is -2.42. The quantitative estimate of drug-likeness (QED) is 0.116. The minimum atomic E-state index is -2.39. The van der Waals surface area contributed by atoms with Crippen LogP contribution in [0.25, 0.3) is 0 Å². The Morgan fingerprint density at radius 1 is 0.618 bits per heavy atom. The van der Waals surface area contributed by atoms with Crippen LogP contribution in [0.1, 0.15) is 51.0 Å². The van der Waals surface area contributed by atoms with Gasteiger partial charge >= 0.3 is 25.7 Å². The number of ether oxygens (including phenoxy) is 2. The average molecular weight is 581 g/mol. The summed E-state index contributed by atoms with van der Waals surface area (Å²) in [6.45, 7) is 26.3. The molecule has 11 heteroatoms. The summed E-state index contributed by atoms with van der Waals surface area (Å²) >= 11 is 0. The van der Waals surface area contributed by atoms with Crippen molar-refractivity contribution < 1.29 is 25.9 Å². The van der Waals surface area contributed by atoms with Crippen LogP contribution in [-0.4, -0.2) is 68.2 Å². The van der Waals surface area contributed by atoms with Crippen LogP contribution < -0.4 is 0 Å². The summed E-state index contributed by atoms with van der Waals surface area (Å²) in [5.41, 5.74) is 0. The van der Waals surface area contributed by atoms with Crippen molar-refractivity contribution in [1.82, 2.24) is 0 Å². The van der Waals surface area contributed by atoms with Crippen molar-refractivity contribution in [3.8, 4) is 0 Å². The minimum absolute atomic E-state index is 0. The van der Waals surface area contributed by atoms with E-state index < -0.39 is 42.3 Å². The number of hydrogen-bond donors (Lipinski definition) is 0. The molecule has 1 aliphatic rings. The molecule has 0 saturated carbocycles. The first-order valence-electron chi connectivity index (χ1n) is 10.4. The molecule has 1 heterocycles. The normalized spacial score (nSPS) is 17.2. The molecule has 1 saturated heterocycles. The van der Waals surface area contributed by atoms with Crippen molar-refractivity contribution in [1.29, 1.82) is 0 Å². The van der Waals surface area contributed by atoms with Crippen molar-refractivity contribution in [3.05, 3.63) is 0 Å². The Labute approximate surface area is 222 Å². The third kappa shape index (κ3) is 24.5. The van der Waals surface area contributed by atoms with E-state index in [1.807, 2.05) is 0 Å². The van der Waals surface area contributed by atoms with Gasteiger partial charge in [-0.3, -0.25) is 0 Å². The maximum absolute atomic E-state index is 6.75. The highest BCUT2D eigenvalue weighted by molar-refractivity contribution is 6.90. The predicted molar refractivity (Wildman–Crippen MR) is 168 cm³/mol. The lowest BCUT2D eigenvalue weighted by Crippen LogP contribution is -2.59. The smallest absolute Gasteiger partial charge is 0.315 e. The molecule has 0 aromatic rings. The monoisotopic (exact) mass is 580 g/mol. The summed E-state index contributed by atoms with van der Waals surface area (Å²) in [7, 11) is -10.4. The van der Waals surface area contributed by atoms with E-state index in [0.29, 0.717) is 12.7 Å². The van der Waals surface area contributed by atoms with Crippen LogP contribution in [0.4, 0.5) is 0 Å². The first kappa shape index (κ1) is 48.0. The van der Waals surface area contributed by atoms with E-state index in [1.54, 1.807) is 0 Å². The van der Waals surface area contributed by atoms with Crippen LogP contribution in [0.2, 0.25) is 78.1 Å². The Morgan fingerprint density at radius 2 is 1.03 bits per heavy atom. The maximum atomic E-state index is 6.75. The van der Waals surface area contributed by atoms with Gasteiger partial charge in [-0.05, 0) is 84.5 Å². The zero-order valence-electron chi connectivity index (χ0n) is 20.1. The Bertz CT molecular complexity index is 491. The first-order chi connectivity index (χ1) is 12.4. The van der Waals surface area contributed by atoms with Gasteiger partial charge in [-0.1, -0.05) is 44.6 Å². The molecule has 1 rings (SSSR count). The van der Waals surface area contributed by atoms with Gasteiger partial charge in [0.1, 0.15) is 6.10 Å². The largest absolute Gasteiger partial charge is 0.437 e. The summed E-state index contributed by atoms with van der Waals surface area (Å²) in [5.74, 6) is 0. The van der Waals surface area contributed by atoms with Crippen LogP contribution in [-0.2, 0) is 25.9 Å². The fourth-order valence-corrected chi connectivity index (χ4v) is 26.7. The summed E-state index contributed by atoms with van der Waals surface area (Å²) < 4.78 is 37.2. The lowest BCUT2D eigenvalue weighted by molar-refractivity contribution is 0.115. The first-order valence-corrected chi connectivity index (χ1v) is 25.4. The van der Waals surface area contributed by atoms with E-state index in [2.05, 4.69) is 72.0 Å². The van der Waals surface area contributed by atoms with Crippen molar-refractivity contribution >= 4 is 42.3 Å². The Hall–Kier alpha value is 0.844. The van der Waals surface area contributed by atoms with Crippen LogP contribution >= 0.6 is 0 Å². The van der Waals surface area contributed by atoms with Gasteiger partial charge in [0.05, 0.1) is 13.2 Å². The second kappa shape index (κ2) is 18.2. The van der Waals surface area contributed by atoms with E-state index in [-0.39, 0.29) is 44.6 Å². The third-order valence-electron chi connectivity index (χ3n) is 3.65. The molecule has 1 aliphatic heterocycles. The highest BCUT2D eigenvalue weighted by Gasteiger charge is 2.46. The zero-order chi connectivity index (χ0) is 21.9. The predicted octanol–water partition coefficient (Wildman–Crippen LogP) is 8.82. The molecule has 0 radical (unpaired) electrons. The van der Waals surface area contributed by atoms with Gasteiger partial charge < -0.3 is 25.9 Å². The lowest BCUT2D eigenvalue weighted by atomic mass is 10.5. The molecular weight excluding hydrogens is 513 g/mol. The summed E-state index contributed by atoms with van der Waals surface area (Å²) in [5, 5.41) is 0. The fourth-order valence-electron chi connectivity index (χ4n) is 3.54. The van der Waals surface area contributed by atoms with Crippen LogP contribution in [0.5, 0.6) is 0 Å². The average Bonchev–Trinajstić information content (AvgIpc) is 3.13. The molecule has 0 N–H and O–H groups in total. The van der Waals surface area contributed by atoms with Crippen molar-refractivity contribution in [3.63, 3.8) is 0 Å². The van der Waals surface area contributed by atoms with Crippen LogP contribution in [0.15, 0.2) is 0 Å². The second-order valence-corrected chi connectivity index (χ2v) is 30.8. The minimum Gasteiger partial charge on any atom is -0.437 e. The molecule has 216 valence electrons. The summed E-state index contributed by atoms with van der Waals surface area (Å²) in [4.78, 5) is 0.